The van der Waals surface area contributed by atoms with Gasteiger partial charge in [0.15, 0.2) is 16.6 Å². The molecule has 3 aromatic rings. The lowest BCUT2D eigenvalue weighted by molar-refractivity contribution is 0.112. The van der Waals surface area contributed by atoms with Crippen LogP contribution in [0.15, 0.2) is 53.6 Å². The molecule has 0 atom stereocenters. The molecule has 8 heteroatoms. The van der Waals surface area contributed by atoms with Crippen LogP contribution in [0.3, 0.4) is 0 Å². The number of rotatable bonds is 6. The van der Waals surface area contributed by atoms with Gasteiger partial charge in [-0.2, -0.15) is 10.2 Å². The minimum absolute atomic E-state index is 0.0631. The fraction of sp³-hybridized carbons (Fsp3) is 0.182. The number of hydrogen-bond donors (Lipinski definition) is 3. The van der Waals surface area contributed by atoms with Crippen molar-refractivity contribution in [2.24, 2.45) is 12.1 Å². The van der Waals surface area contributed by atoms with E-state index in [1.807, 2.05) is 24.3 Å². The number of benzene rings is 2. The van der Waals surface area contributed by atoms with Gasteiger partial charge in [-0.1, -0.05) is 31.2 Å². The van der Waals surface area contributed by atoms with Crippen LogP contribution in [0.5, 0.6) is 5.75 Å². The van der Waals surface area contributed by atoms with Gasteiger partial charge in [-0.25, -0.2) is 0 Å². The molecule has 1 aromatic heterocycles. The number of thiocarbonyl (C=S) groups is 1. The van der Waals surface area contributed by atoms with Crippen LogP contribution in [0.4, 0.5) is 5.69 Å². The summed E-state index contributed by atoms with van der Waals surface area (Å²) in [6.07, 6.45) is 1.73. The van der Waals surface area contributed by atoms with Crippen LogP contribution >= 0.6 is 12.2 Å². The summed E-state index contributed by atoms with van der Waals surface area (Å²) in [4.78, 5) is 10.7. The number of carbonyl (C=O) groups is 1. The SMILES string of the molecule is CCc1ccc(-c2c(O)c(/C(C)=N/NC(=S)Nc3ccc(C=O)cc3)nn2C)cc1. The van der Waals surface area contributed by atoms with E-state index in [4.69, 9.17) is 12.2 Å². The number of anilines is 1. The molecule has 1 heterocycles. The summed E-state index contributed by atoms with van der Waals surface area (Å²) in [6, 6.07) is 14.9. The molecule has 0 bridgehead atoms. The lowest BCUT2D eigenvalue weighted by atomic mass is 10.1. The molecule has 0 unspecified atom stereocenters. The first-order chi connectivity index (χ1) is 14.4. The Bertz CT molecular complexity index is 1090. The number of aromatic hydroxyl groups is 1. The van der Waals surface area contributed by atoms with Crippen LogP contribution in [0, 0.1) is 0 Å². The van der Waals surface area contributed by atoms with Crippen LogP contribution in [0.1, 0.15) is 35.5 Å². The third-order valence-electron chi connectivity index (χ3n) is 4.63. The highest BCUT2D eigenvalue weighted by molar-refractivity contribution is 7.80. The zero-order valence-electron chi connectivity index (χ0n) is 17.0. The first-order valence-electron chi connectivity index (χ1n) is 9.45. The van der Waals surface area contributed by atoms with Crippen molar-refractivity contribution in [1.82, 2.24) is 15.2 Å². The van der Waals surface area contributed by atoms with Crippen molar-refractivity contribution in [3.05, 3.63) is 65.4 Å². The molecule has 2 aromatic carbocycles. The van der Waals surface area contributed by atoms with Gasteiger partial charge in [0.1, 0.15) is 12.0 Å². The summed E-state index contributed by atoms with van der Waals surface area (Å²) < 4.78 is 1.63. The number of hydrogen-bond acceptors (Lipinski definition) is 5. The Morgan fingerprint density at radius 3 is 2.47 bits per heavy atom. The first kappa shape index (κ1) is 21.2. The summed E-state index contributed by atoms with van der Waals surface area (Å²) in [5.41, 5.74) is 7.64. The molecule has 0 spiro atoms. The van der Waals surface area contributed by atoms with Gasteiger partial charge in [0.2, 0.25) is 0 Å². The summed E-state index contributed by atoms with van der Waals surface area (Å²) in [6.45, 7) is 3.83. The Labute approximate surface area is 180 Å². The normalized spacial score (nSPS) is 11.2. The van der Waals surface area contributed by atoms with E-state index in [1.165, 1.54) is 5.56 Å². The van der Waals surface area contributed by atoms with Crippen LogP contribution in [0.2, 0.25) is 0 Å². The lowest BCUT2D eigenvalue weighted by Crippen LogP contribution is -2.25. The molecular formula is C22H23N5O2S. The highest BCUT2D eigenvalue weighted by Crippen LogP contribution is 2.32. The topological polar surface area (TPSA) is 91.5 Å². The van der Waals surface area contributed by atoms with Crippen LogP contribution < -0.4 is 10.7 Å². The summed E-state index contributed by atoms with van der Waals surface area (Å²) >= 11 is 5.24. The molecule has 3 rings (SSSR count). The van der Waals surface area contributed by atoms with E-state index >= 15 is 0 Å². The molecule has 0 saturated carbocycles. The van der Waals surface area contributed by atoms with Gasteiger partial charge < -0.3 is 10.4 Å². The van der Waals surface area contributed by atoms with E-state index in [-0.39, 0.29) is 10.9 Å². The molecule has 0 aliphatic rings. The second-order valence-electron chi connectivity index (χ2n) is 6.72. The summed E-state index contributed by atoms with van der Waals surface area (Å²) in [7, 11) is 1.78. The minimum Gasteiger partial charge on any atom is -0.504 e. The molecule has 0 fully saturated rings. The highest BCUT2D eigenvalue weighted by atomic mass is 32.1. The van der Waals surface area contributed by atoms with Gasteiger partial charge in [-0.05, 0) is 55.4 Å². The van der Waals surface area contributed by atoms with E-state index in [2.05, 4.69) is 27.9 Å². The molecule has 0 amide bonds. The van der Waals surface area contributed by atoms with Crippen molar-refractivity contribution in [3.8, 4) is 17.0 Å². The Morgan fingerprint density at radius 1 is 1.20 bits per heavy atom. The zero-order valence-corrected chi connectivity index (χ0v) is 17.8. The van der Waals surface area contributed by atoms with Crippen molar-refractivity contribution in [2.75, 3.05) is 5.32 Å². The molecule has 3 N–H and O–H groups in total. The lowest BCUT2D eigenvalue weighted by Gasteiger charge is -2.07. The molecule has 0 radical (unpaired) electrons. The van der Waals surface area contributed by atoms with E-state index in [0.717, 1.165) is 24.0 Å². The maximum absolute atomic E-state index is 10.7. The molecule has 154 valence electrons. The maximum atomic E-state index is 10.7. The van der Waals surface area contributed by atoms with E-state index < -0.39 is 0 Å². The molecule has 7 nitrogen and oxygen atoms in total. The highest BCUT2D eigenvalue weighted by Gasteiger charge is 2.19. The predicted octanol–water partition coefficient (Wildman–Crippen LogP) is 3.88. The van der Waals surface area contributed by atoms with Gasteiger partial charge >= 0.3 is 0 Å². The largest absolute Gasteiger partial charge is 0.504 e. The quantitative estimate of drug-likeness (QED) is 0.242. The standard InChI is InChI=1S/C22H23N5O2S/c1-4-15-5-9-17(10-6-15)20-21(29)19(26-27(20)3)14(2)24-25-22(30)23-18-11-7-16(13-28)8-12-18/h5-13,29H,4H2,1-3H3,(H2,23,25,30)/b24-14+. The predicted molar refractivity (Wildman–Crippen MR) is 123 cm³/mol. The molecule has 30 heavy (non-hydrogen) atoms. The minimum atomic E-state index is 0.0631. The van der Waals surface area contributed by atoms with Gasteiger partial charge in [-0.15, -0.1) is 0 Å². The number of carbonyl (C=O) groups excluding carboxylic acids is 1. The Kier molecular flexibility index (Phi) is 6.58. The number of hydrazone groups is 1. The average molecular weight is 422 g/mol. The molecular weight excluding hydrogens is 398 g/mol. The third kappa shape index (κ3) is 4.72. The Balaban J connectivity index is 1.73. The zero-order chi connectivity index (χ0) is 21.7. The monoisotopic (exact) mass is 421 g/mol. The van der Waals surface area contributed by atoms with Crippen molar-refractivity contribution < 1.29 is 9.90 Å². The summed E-state index contributed by atoms with van der Waals surface area (Å²) in [5, 5.41) is 22.6. The Hall–Kier alpha value is -3.52. The molecule has 0 aliphatic carbocycles. The van der Waals surface area contributed by atoms with Crippen molar-refractivity contribution in [3.63, 3.8) is 0 Å². The number of nitrogens with zero attached hydrogens (tertiary/aromatic N) is 3. The first-order valence-corrected chi connectivity index (χ1v) is 9.86. The third-order valence-corrected chi connectivity index (χ3v) is 4.82. The van der Waals surface area contributed by atoms with Gasteiger partial charge in [0, 0.05) is 23.9 Å². The summed E-state index contributed by atoms with van der Waals surface area (Å²) in [5.74, 6) is 0.0631. The number of aromatic nitrogens is 2. The van der Waals surface area contributed by atoms with E-state index in [9.17, 15) is 9.90 Å². The molecule has 0 aliphatic heterocycles. The number of aryl methyl sites for hydroxylation is 2. The van der Waals surface area contributed by atoms with Gasteiger partial charge in [0.05, 0.1) is 5.71 Å². The van der Waals surface area contributed by atoms with Gasteiger partial charge in [-0.3, -0.25) is 14.9 Å². The van der Waals surface area contributed by atoms with Crippen molar-refractivity contribution in [2.45, 2.75) is 20.3 Å². The maximum Gasteiger partial charge on any atom is 0.191 e. The fourth-order valence-electron chi connectivity index (χ4n) is 2.97. The second-order valence-corrected chi connectivity index (χ2v) is 7.13. The molecule has 0 saturated heterocycles. The van der Waals surface area contributed by atoms with Crippen LogP contribution in [-0.2, 0) is 13.5 Å². The Morgan fingerprint density at radius 2 is 1.87 bits per heavy atom. The fourth-order valence-corrected chi connectivity index (χ4v) is 3.13. The van der Waals surface area contributed by atoms with Crippen molar-refractivity contribution >= 4 is 35.0 Å². The van der Waals surface area contributed by atoms with Gasteiger partial charge in [0.25, 0.3) is 0 Å². The average Bonchev–Trinajstić information content (AvgIpc) is 3.06. The smallest absolute Gasteiger partial charge is 0.191 e. The van der Waals surface area contributed by atoms with Crippen molar-refractivity contribution in [1.29, 1.82) is 0 Å². The van der Waals surface area contributed by atoms with E-state index in [0.29, 0.717) is 22.7 Å². The second kappa shape index (κ2) is 9.32. The van der Waals surface area contributed by atoms with Crippen LogP contribution in [-0.4, -0.2) is 32.0 Å². The van der Waals surface area contributed by atoms with Crippen LogP contribution in [0.25, 0.3) is 11.3 Å². The van der Waals surface area contributed by atoms with E-state index in [1.54, 1.807) is 42.9 Å². The number of nitrogens with one attached hydrogen (secondary N) is 2. The number of aldehydes is 1.